The van der Waals surface area contributed by atoms with E-state index in [0.29, 0.717) is 30.7 Å². The number of nitrogens with one attached hydrogen (secondary N) is 2. The zero-order valence-electron chi connectivity index (χ0n) is 13.4. The van der Waals surface area contributed by atoms with Crippen LogP contribution in [0.25, 0.3) is 0 Å². The van der Waals surface area contributed by atoms with E-state index in [-0.39, 0.29) is 24.3 Å². The van der Waals surface area contributed by atoms with Crippen LogP contribution in [0.5, 0.6) is 0 Å². The Morgan fingerprint density at radius 2 is 2.00 bits per heavy atom. The summed E-state index contributed by atoms with van der Waals surface area (Å²) in [5, 5.41) is 17.2. The minimum Gasteiger partial charge on any atom is -0.356 e. The molecule has 2 N–H and O–H groups in total. The molecule has 1 unspecified atom stereocenters. The van der Waals surface area contributed by atoms with Crippen molar-refractivity contribution in [1.29, 1.82) is 0 Å². The van der Waals surface area contributed by atoms with E-state index < -0.39 is 0 Å². The highest BCUT2D eigenvalue weighted by molar-refractivity contribution is 5.79. The van der Waals surface area contributed by atoms with Crippen molar-refractivity contribution >= 4 is 11.8 Å². The van der Waals surface area contributed by atoms with Gasteiger partial charge in [0.05, 0.1) is 12.1 Å². The average molecular weight is 308 g/mol. The normalized spacial score (nSPS) is 15.6. The summed E-state index contributed by atoms with van der Waals surface area (Å²) in [6.07, 6.45) is 2.90. The van der Waals surface area contributed by atoms with Crippen LogP contribution in [0.4, 0.5) is 0 Å². The van der Waals surface area contributed by atoms with Crippen molar-refractivity contribution in [2.75, 3.05) is 6.54 Å². The highest BCUT2D eigenvalue weighted by Gasteiger charge is 2.29. The fourth-order valence-electron chi connectivity index (χ4n) is 2.20. The molecule has 2 amide bonds. The lowest BCUT2D eigenvalue weighted by Gasteiger charge is -2.13. The third-order valence-corrected chi connectivity index (χ3v) is 3.44. The second kappa shape index (κ2) is 7.33. The number of tetrazole rings is 1. The fraction of sp³-hybridized carbons (Fsp3) is 0.786. The number of amides is 2. The predicted molar refractivity (Wildman–Crippen MR) is 79.7 cm³/mol. The lowest BCUT2D eigenvalue weighted by molar-refractivity contribution is -0.123. The van der Waals surface area contributed by atoms with Gasteiger partial charge < -0.3 is 10.6 Å². The van der Waals surface area contributed by atoms with E-state index in [2.05, 4.69) is 26.2 Å². The summed E-state index contributed by atoms with van der Waals surface area (Å²) >= 11 is 0. The zero-order chi connectivity index (χ0) is 16.1. The van der Waals surface area contributed by atoms with Crippen LogP contribution >= 0.6 is 0 Å². The number of hydrogen-bond acceptors (Lipinski definition) is 5. The number of nitrogens with zero attached hydrogens (tertiary/aromatic N) is 4. The van der Waals surface area contributed by atoms with E-state index in [1.54, 1.807) is 4.68 Å². The molecule has 1 saturated carbocycles. The summed E-state index contributed by atoms with van der Waals surface area (Å²) in [5.41, 5.74) is 0. The zero-order valence-corrected chi connectivity index (χ0v) is 13.4. The van der Waals surface area contributed by atoms with Gasteiger partial charge in [-0.15, -0.1) is 5.10 Å². The maximum absolute atomic E-state index is 11.9. The van der Waals surface area contributed by atoms with Gasteiger partial charge in [0.25, 0.3) is 0 Å². The molecule has 1 aromatic rings. The van der Waals surface area contributed by atoms with Crippen LogP contribution in [0, 0.1) is 5.92 Å². The Morgan fingerprint density at radius 1 is 1.27 bits per heavy atom. The summed E-state index contributed by atoms with van der Waals surface area (Å²) in [4.78, 5) is 23.4. The van der Waals surface area contributed by atoms with Crippen LogP contribution in [-0.4, -0.2) is 38.6 Å². The third-order valence-electron chi connectivity index (χ3n) is 3.44. The SMILES string of the molecule is CC(C)CC(=O)NCCC(=O)NC(C)c1nnnn1C1CC1. The largest absolute Gasteiger partial charge is 0.356 e. The van der Waals surface area contributed by atoms with E-state index in [4.69, 9.17) is 0 Å². The molecule has 0 spiro atoms. The van der Waals surface area contributed by atoms with Crippen molar-refractivity contribution in [3.8, 4) is 0 Å². The Labute approximate surface area is 130 Å². The highest BCUT2D eigenvalue weighted by atomic mass is 16.2. The van der Waals surface area contributed by atoms with Gasteiger partial charge >= 0.3 is 0 Å². The maximum Gasteiger partial charge on any atom is 0.222 e. The Balaban J connectivity index is 1.72. The molecule has 122 valence electrons. The van der Waals surface area contributed by atoms with Gasteiger partial charge in [0.2, 0.25) is 11.8 Å². The molecule has 0 aromatic carbocycles. The van der Waals surface area contributed by atoms with Crippen LogP contribution < -0.4 is 10.6 Å². The van der Waals surface area contributed by atoms with Crippen LogP contribution in [0.1, 0.15) is 64.4 Å². The summed E-state index contributed by atoms with van der Waals surface area (Å²) < 4.78 is 1.79. The van der Waals surface area contributed by atoms with Crippen LogP contribution in [0.15, 0.2) is 0 Å². The molecule has 1 aromatic heterocycles. The van der Waals surface area contributed by atoms with Gasteiger partial charge in [0.15, 0.2) is 5.82 Å². The Hall–Kier alpha value is -1.99. The molecule has 0 radical (unpaired) electrons. The minimum absolute atomic E-state index is 0.0199. The lowest BCUT2D eigenvalue weighted by Crippen LogP contribution is -2.33. The van der Waals surface area contributed by atoms with E-state index in [1.807, 2.05) is 20.8 Å². The summed E-state index contributed by atoms with van der Waals surface area (Å²) in [7, 11) is 0. The number of carbonyl (C=O) groups excluding carboxylic acids is 2. The lowest BCUT2D eigenvalue weighted by atomic mass is 10.1. The molecule has 22 heavy (non-hydrogen) atoms. The number of rotatable bonds is 8. The van der Waals surface area contributed by atoms with Crippen molar-refractivity contribution in [2.24, 2.45) is 5.92 Å². The molecule has 1 aliphatic carbocycles. The smallest absolute Gasteiger partial charge is 0.222 e. The molecule has 8 nitrogen and oxygen atoms in total. The second-order valence-corrected chi connectivity index (χ2v) is 6.20. The van der Waals surface area contributed by atoms with Crippen LogP contribution in [0.2, 0.25) is 0 Å². The molecule has 1 fully saturated rings. The van der Waals surface area contributed by atoms with E-state index >= 15 is 0 Å². The summed E-state index contributed by atoms with van der Waals surface area (Å²) in [6, 6.07) is 0.133. The monoisotopic (exact) mass is 308 g/mol. The second-order valence-electron chi connectivity index (χ2n) is 6.20. The van der Waals surface area contributed by atoms with Crippen molar-refractivity contribution in [2.45, 2.75) is 58.5 Å². The van der Waals surface area contributed by atoms with Crippen molar-refractivity contribution in [3.63, 3.8) is 0 Å². The molecule has 1 heterocycles. The average Bonchev–Trinajstić information content (AvgIpc) is 3.14. The Morgan fingerprint density at radius 3 is 2.64 bits per heavy atom. The van der Waals surface area contributed by atoms with Gasteiger partial charge in [-0.05, 0) is 36.1 Å². The quantitative estimate of drug-likeness (QED) is 0.737. The predicted octanol–water partition coefficient (Wildman–Crippen LogP) is 0.738. The number of hydrogen-bond donors (Lipinski definition) is 2. The molecular formula is C14H24N6O2. The highest BCUT2D eigenvalue weighted by Crippen LogP contribution is 2.35. The van der Waals surface area contributed by atoms with E-state index in [9.17, 15) is 9.59 Å². The van der Waals surface area contributed by atoms with Gasteiger partial charge in [-0.3, -0.25) is 9.59 Å². The van der Waals surface area contributed by atoms with Gasteiger partial charge in [-0.25, -0.2) is 4.68 Å². The Kier molecular flexibility index (Phi) is 5.46. The van der Waals surface area contributed by atoms with Gasteiger partial charge in [-0.1, -0.05) is 13.8 Å². The van der Waals surface area contributed by atoms with Crippen molar-refractivity contribution < 1.29 is 9.59 Å². The molecule has 8 heteroatoms. The first-order valence-electron chi connectivity index (χ1n) is 7.81. The van der Waals surface area contributed by atoms with Gasteiger partial charge in [0, 0.05) is 19.4 Å². The molecule has 1 atom stereocenters. The number of carbonyl (C=O) groups is 2. The summed E-state index contributed by atoms with van der Waals surface area (Å²) in [5.74, 6) is 0.853. The van der Waals surface area contributed by atoms with Gasteiger partial charge in [0.1, 0.15) is 0 Å². The minimum atomic E-state index is -0.241. The topological polar surface area (TPSA) is 102 Å². The van der Waals surface area contributed by atoms with Crippen molar-refractivity contribution in [3.05, 3.63) is 5.82 Å². The summed E-state index contributed by atoms with van der Waals surface area (Å²) in [6.45, 7) is 6.17. The maximum atomic E-state index is 11.9. The fourth-order valence-corrected chi connectivity index (χ4v) is 2.20. The standard InChI is InChI=1S/C14H24N6O2/c1-9(2)8-13(22)15-7-6-12(21)16-10(3)14-17-18-19-20(14)11-4-5-11/h9-11H,4-8H2,1-3H3,(H,15,22)(H,16,21). The third kappa shape index (κ3) is 4.78. The Bertz CT molecular complexity index is 523. The van der Waals surface area contributed by atoms with Gasteiger partial charge in [-0.2, -0.15) is 0 Å². The van der Waals surface area contributed by atoms with Crippen molar-refractivity contribution in [1.82, 2.24) is 30.8 Å². The first-order chi connectivity index (χ1) is 10.5. The first kappa shape index (κ1) is 16.4. The van der Waals surface area contributed by atoms with E-state index in [1.165, 1.54) is 0 Å². The van der Waals surface area contributed by atoms with E-state index in [0.717, 1.165) is 12.8 Å². The van der Waals surface area contributed by atoms with Crippen LogP contribution in [-0.2, 0) is 9.59 Å². The molecule has 0 saturated heterocycles. The van der Waals surface area contributed by atoms with Crippen LogP contribution in [0.3, 0.4) is 0 Å². The molecule has 0 bridgehead atoms. The molecular weight excluding hydrogens is 284 g/mol. The first-order valence-corrected chi connectivity index (χ1v) is 7.81. The molecule has 2 rings (SSSR count). The molecule has 0 aliphatic heterocycles. The number of aromatic nitrogens is 4. The molecule has 1 aliphatic rings.